The average Bonchev–Trinajstić information content (AvgIpc) is 3.09. The van der Waals surface area contributed by atoms with Crippen LogP contribution in [0.25, 0.3) is 0 Å². The Bertz CT molecular complexity index is 578. The van der Waals surface area contributed by atoms with Gasteiger partial charge in [-0.2, -0.15) is 0 Å². The van der Waals surface area contributed by atoms with Crippen molar-refractivity contribution in [3.63, 3.8) is 0 Å². The van der Waals surface area contributed by atoms with Crippen LogP contribution in [0.2, 0.25) is 0 Å². The van der Waals surface area contributed by atoms with Crippen LogP contribution in [-0.2, 0) is 23.9 Å². The monoisotopic (exact) mass is 473 g/mol. The molecule has 5 N–H and O–H groups in total. The van der Waals surface area contributed by atoms with E-state index in [2.05, 4.69) is 16.0 Å². The molecule has 0 radical (unpaired) electrons. The van der Waals surface area contributed by atoms with E-state index < -0.39 is 0 Å². The number of amides is 4. The molecule has 0 spiro atoms. The first-order chi connectivity index (χ1) is 15.2. The fourth-order valence-electron chi connectivity index (χ4n) is 3.32. The predicted octanol–water partition coefficient (Wildman–Crippen LogP) is 0.784. The van der Waals surface area contributed by atoms with Crippen LogP contribution in [0.4, 0.5) is 0 Å². The van der Waals surface area contributed by atoms with Gasteiger partial charge in [0.2, 0.25) is 24.6 Å². The smallest absolute Gasteiger partial charge is 0.242 e. The molecule has 1 fully saturated rings. The van der Waals surface area contributed by atoms with E-state index in [1.54, 1.807) is 11.9 Å². The standard InChI is InChI=1S/C13H23N3O3.C8H19NO.C2H5NO/c1-9(2)16(12(18)7-14-8-17)10(3)6-11-4-5-15-13(11)19;1-6(9)7(2)10-8(3,4)5;1-3-2-4/h8-11H,4-7H2,1-3H3,(H,14,17)(H,15,19);6-7H,9H2,1-5H3;2H,1H3,(H,3,4). The molecule has 4 atom stereocenters. The SMILES string of the molecule is CC(C)N(C(=O)CNC=O)C(C)CC1CCNC1=O.CC(N)C(C)OC(C)(C)C.CNC=O. The van der Waals surface area contributed by atoms with Crippen molar-refractivity contribution >= 4 is 24.6 Å². The van der Waals surface area contributed by atoms with Crippen LogP contribution in [0.15, 0.2) is 0 Å². The number of rotatable bonds is 10. The second kappa shape index (κ2) is 17.3. The highest BCUT2D eigenvalue weighted by atomic mass is 16.5. The minimum Gasteiger partial charge on any atom is -0.371 e. The molecule has 4 amide bonds. The molecule has 1 heterocycles. The zero-order chi connectivity index (χ0) is 26.2. The molecular formula is C23H47N5O5. The number of hydrogen-bond donors (Lipinski definition) is 4. The van der Waals surface area contributed by atoms with Crippen molar-refractivity contribution in [2.45, 2.75) is 98.1 Å². The van der Waals surface area contributed by atoms with Gasteiger partial charge >= 0.3 is 0 Å². The second-order valence-corrected chi connectivity index (χ2v) is 9.46. The Balaban J connectivity index is 0. The minimum absolute atomic E-state index is 0.00286. The lowest BCUT2D eigenvalue weighted by Gasteiger charge is -2.34. The van der Waals surface area contributed by atoms with Gasteiger partial charge in [0.1, 0.15) is 0 Å². The van der Waals surface area contributed by atoms with Crippen LogP contribution in [-0.4, -0.2) is 79.5 Å². The number of carbonyl (C=O) groups is 4. The van der Waals surface area contributed by atoms with Gasteiger partial charge < -0.3 is 31.3 Å². The summed E-state index contributed by atoms with van der Waals surface area (Å²) in [5.74, 6) is -0.0508. The van der Waals surface area contributed by atoms with Crippen molar-refractivity contribution in [2.24, 2.45) is 11.7 Å². The van der Waals surface area contributed by atoms with E-state index in [4.69, 9.17) is 15.3 Å². The van der Waals surface area contributed by atoms with Crippen LogP contribution in [0.3, 0.4) is 0 Å². The van der Waals surface area contributed by atoms with Crippen molar-refractivity contribution in [1.29, 1.82) is 0 Å². The largest absolute Gasteiger partial charge is 0.371 e. The summed E-state index contributed by atoms with van der Waals surface area (Å²) >= 11 is 0. The van der Waals surface area contributed by atoms with Gasteiger partial charge in [0.05, 0.1) is 18.2 Å². The molecule has 33 heavy (non-hydrogen) atoms. The Labute approximate surface area is 199 Å². The number of nitrogens with one attached hydrogen (secondary N) is 3. The third-order valence-corrected chi connectivity index (χ3v) is 4.84. The van der Waals surface area contributed by atoms with Crippen LogP contribution in [0.1, 0.15) is 68.2 Å². The summed E-state index contributed by atoms with van der Waals surface area (Å²) in [7, 11) is 1.56. The van der Waals surface area contributed by atoms with Gasteiger partial charge in [0.15, 0.2) is 0 Å². The molecule has 194 valence electrons. The summed E-state index contributed by atoms with van der Waals surface area (Å²) in [4.78, 5) is 44.7. The number of carbonyl (C=O) groups excluding carboxylic acids is 4. The Hall–Kier alpha value is -2.20. The third kappa shape index (κ3) is 16.1. The van der Waals surface area contributed by atoms with E-state index in [0.717, 1.165) is 13.0 Å². The molecular weight excluding hydrogens is 426 g/mol. The van der Waals surface area contributed by atoms with Gasteiger partial charge in [0, 0.05) is 37.6 Å². The maximum atomic E-state index is 12.0. The van der Waals surface area contributed by atoms with Gasteiger partial charge in [0.25, 0.3) is 0 Å². The highest BCUT2D eigenvalue weighted by Crippen LogP contribution is 2.20. The van der Waals surface area contributed by atoms with Crippen molar-refractivity contribution in [1.82, 2.24) is 20.9 Å². The van der Waals surface area contributed by atoms with Crippen molar-refractivity contribution in [3.05, 3.63) is 0 Å². The Kier molecular flexibility index (Phi) is 17.3. The predicted molar refractivity (Wildman–Crippen MR) is 130 cm³/mol. The van der Waals surface area contributed by atoms with Crippen molar-refractivity contribution < 1.29 is 23.9 Å². The zero-order valence-electron chi connectivity index (χ0n) is 21.9. The zero-order valence-corrected chi connectivity index (χ0v) is 21.9. The highest BCUT2D eigenvalue weighted by molar-refractivity contribution is 5.82. The maximum absolute atomic E-state index is 12.0. The molecule has 0 aliphatic carbocycles. The molecule has 4 unspecified atom stereocenters. The molecule has 1 rings (SSSR count). The van der Waals surface area contributed by atoms with Gasteiger partial charge in [-0.25, -0.2) is 0 Å². The first kappa shape index (κ1) is 33.0. The molecule has 0 aromatic carbocycles. The average molecular weight is 474 g/mol. The Morgan fingerprint density at radius 1 is 1.21 bits per heavy atom. The third-order valence-electron chi connectivity index (χ3n) is 4.84. The number of nitrogens with two attached hydrogens (primary N) is 1. The fourth-order valence-corrected chi connectivity index (χ4v) is 3.32. The quantitative estimate of drug-likeness (QED) is 0.345. The summed E-state index contributed by atoms with van der Waals surface area (Å²) in [6, 6.07) is 0.134. The van der Waals surface area contributed by atoms with Gasteiger partial charge in [-0.05, 0) is 68.2 Å². The summed E-state index contributed by atoms with van der Waals surface area (Å²) in [6.07, 6.45) is 2.78. The molecule has 0 aromatic rings. The van der Waals surface area contributed by atoms with Crippen LogP contribution in [0, 0.1) is 5.92 Å². The van der Waals surface area contributed by atoms with E-state index >= 15 is 0 Å². The summed E-state index contributed by atoms with van der Waals surface area (Å²) < 4.78 is 5.57. The van der Waals surface area contributed by atoms with Gasteiger partial charge in [-0.15, -0.1) is 0 Å². The number of hydrogen-bond acceptors (Lipinski definition) is 6. The molecule has 10 heteroatoms. The van der Waals surface area contributed by atoms with E-state index in [9.17, 15) is 14.4 Å². The van der Waals surface area contributed by atoms with E-state index in [1.807, 2.05) is 55.4 Å². The number of ether oxygens (including phenoxy) is 1. The van der Waals surface area contributed by atoms with Crippen LogP contribution < -0.4 is 21.7 Å². The number of nitrogens with zero attached hydrogens (tertiary/aromatic N) is 1. The molecule has 0 bridgehead atoms. The molecule has 1 aliphatic rings. The van der Waals surface area contributed by atoms with Crippen LogP contribution in [0.5, 0.6) is 0 Å². The first-order valence-electron chi connectivity index (χ1n) is 11.5. The molecule has 10 nitrogen and oxygen atoms in total. The van der Waals surface area contributed by atoms with Crippen molar-refractivity contribution in [2.75, 3.05) is 20.1 Å². The summed E-state index contributed by atoms with van der Waals surface area (Å²) in [5, 5.41) is 7.45. The Morgan fingerprint density at radius 2 is 1.76 bits per heavy atom. The summed E-state index contributed by atoms with van der Waals surface area (Å²) in [6.45, 7) is 16.6. The van der Waals surface area contributed by atoms with E-state index in [1.165, 1.54) is 0 Å². The minimum atomic E-state index is -0.118. The molecule has 1 aliphatic heterocycles. The lowest BCUT2D eigenvalue weighted by atomic mass is 9.97. The van der Waals surface area contributed by atoms with Gasteiger partial charge in [-0.3, -0.25) is 19.2 Å². The lowest BCUT2D eigenvalue weighted by Crippen LogP contribution is -2.48. The van der Waals surface area contributed by atoms with E-state index in [-0.39, 0.29) is 54.1 Å². The fraction of sp³-hybridized carbons (Fsp3) is 0.826. The summed E-state index contributed by atoms with van der Waals surface area (Å²) in [5.41, 5.74) is 5.54. The lowest BCUT2D eigenvalue weighted by molar-refractivity contribution is -0.136. The molecule has 1 saturated heterocycles. The van der Waals surface area contributed by atoms with Crippen LogP contribution >= 0.6 is 0 Å². The molecule has 0 saturated carbocycles. The van der Waals surface area contributed by atoms with Gasteiger partial charge in [-0.1, -0.05) is 0 Å². The normalized spacial score (nSPS) is 17.8. The highest BCUT2D eigenvalue weighted by Gasteiger charge is 2.30. The second-order valence-electron chi connectivity index (χ2n) is 9.46. The van der Waals surface area contributed by atoms with Crippen molar-refractivity contribution in [3.8, 4) is 0 Å². The maximum Gasteiger partial charge on any atom is 0.242 e. The molecule has 0 aromatic heterocycles. The van der Waals surface area contributed by atoms with E-state index in [0.29, 0.717) is 19.2 Å². The topological polar surface area (TPSA) is 143 Å². The Morgan fingerprint density at radius 3 is 2.06 bits per heavy atom. The first-order valence-corrected chi connectivity index (χ1v) is 11.5.